The van der Waals surface area contributed by atoms with Crippen molar-refractivity contribution in [1.29, 1.82) is 5.26 Å². The second kappa shape index (κ2) is 4.88. The van der Waals surface area contributed by atoms with E-state index in [9.17, 15) is 13.2 Å². The molecule has 0 aliphatic heterocycles. The predicted molar refractivity (Wildman–Crippen MR) is 51.7 cm³/mol. The molecule has 0 aromatic heterocycles. The molecule has 1 aromatic carbocycles. The van der Waals surface area contributed by atoms with Crippen molar-refractivity contribution in [3.8, 4) is 11.8 Å². The molecule has 16 heavy (non-hydrogen) atoms. The molecule has 0 unspecified atom stereocenters. The second-order valence-electron chi connectivity index (χ2n) is 3.12. The first-order valence-corrected chi connectivity index (χ1v) is 4.69. The van der Waals surface area contributed by atoms with E-state index in [0.29, 0.717) is 6.07 Å². The Balaban J connectivity index is 3.01. The van der Waals surface area contributed by atoms with Crippen molar-refractivity contribution < 1.29 is 17.9 Å². The number of hydrogen-bond donors (Lipinski definition) is 0. The van der Waals surface area contributed by atoms with Crippen LogP contribution in [0.3, 0.4) is 0 Å². The molecule has 0 bridgehead atoms. The van der Waals surface area contributed by atoms with Gasteiger partial charge in [0.05, 0.1) is 12.7 Å². The number of nitriles is 1. The topological polar surface area (TPSA) is 33.0 Å². The quantitative estimate of drug-likeness (QED) is 0.794. The van der Waals surface area contributed by atoms with Crippen molar-refractivity contribution >= 4 is 0 Å². The third-order valence-corrected chi connectivity index (χ3v) is 1.96. The molecule has 5 heteroatoms. The Labute approximate surface area is 91.3 Å². The summed E-state index contributed by atoms with van der Waals surface area (Å²) in [7, 11) is 0. The Hall–Kier alpha value is -1.70. The van der Waals surface area contributed by atoms with Gasteiger partial charge in [0, 0.05) is 5.56 Å². The fourth-order valence-electron chi connectivity index (χ4n) is 1.20. The third kappa shape index (κ3) is 2.66. The predicted octanol–water partition coefficient (Wildman–Crippen LogP) is 3.23. The summed E-state index contributed by atoms with van der Waals surface area (Å²) >= 11 is 0. The summed E-state index contributed by atoms with van der Waals surface area (Å²) in [6.07, 6.45) is -0.972. The van der Waals surface area contributed by atoms with Gasteiger partial charge >= 0.3 is 0 Å². The first kappa shape index (κ1) is 12.4. The van der Waals surface area contributed by atoms with Gasteiger partial charge in [0.25, 0.3) is 5.92 Å². The Morgan fingerprint density at radius 3 is 2.62 bits per heavy atom. The van der Waals surface area contributed by atoms with Crippen LogP contribution in [0.15, 0.2) is 18.2 Å². The lowest BCUT2D eigenvalue weighted by molar-refractivity contribution is 0.000581. The molecule has 1 aromatic rings. The zero-order chi connectivity index (χ0) is 12.2. The molecule has 0 saturated carbocycles. The lowest BCUT2D eigenvalue weighted by Gasteiger charge is -2.14. The van der Waals surface area contributed by atoms with Crippen LogP contribution in [0, 0.1) is 17.1 Å². The van der Waals surface area contributed by atoms with Crippen LogP contribution >= 0.6 is 0 Å². The van der Waals surface area contributed by atoms with Crippen LogP contribution in [-0.2, 0) is 5.92 Å². The van der Waals surface area contributed by atoms with Crippen LogP contribution in [-0.4, -0.2) is 6.61 Å². The fourth-order valence-corrected chi connectivity index (χ4v) is 1.20. The number of benzene rings is 1. The van der Waals surface area contributed by atoms with E-state index < -0.39 is 23.7 Å². The number of ether oxygens (including phenoxy) is 1. The molecule has 2 nitrogen and oxygen atoms in total. The van der Waals surface area contributed by atoms with Crippen molar-refractivity contribution in [2.75, 3.05) is 6.61 Å². The van der Waals surface area contributed by atoms with E-state index >= 15 is 0 Å². The maximum Gasteiger partial charge on any atom is 0.286 e. The van der Waals surface area contributed by atoms with Gasteiger partial charge < -0.3 is 4.74 Å². The van der Waals surface area contributed by atoms with Gasteiger partial charge in [0.15, 0.2) is 11.6 Å². The third-order valence-electron chi connectivity index (χ3n) is 1.96. The van der Waals surface area contributed by atoms with Gasteiger partial charge in [0.1, 0.15) is 6.42 Å². The van der Waals surface area contributed by atoms with Gasteiger partial charge in [-0.05, 0) is 25.1 Å². The van der Waals surface area contributed by atoms with Crippen molar-refractivity contribution in [3.05, 3.63) is 29.6 Å². The normalized spacial score (nSPS) is 10.9. The highest BCUT2D eigenvalue weighted by molar-refractivity contribution is 5.32. The molecule has 0 amide bonds. The van der Waals surface area contributed by atoms with Gasteiger partial charge in [-0.1, -0.05) is 0 Å². The molecule has 0 N–H and O–H groups in total. The number of hydrogen-bond acceptors (Lipinski definition) is 2. The molecular formula is C11H10F3NO. The van der Waals surface area contributed by atoms with Crippen LogP contribution in [0.2, 0.25) is 0 Å². The molecule has 0 fully saturated rings. The highest BCUT2D eigenvalue weighted by Crippen LogP contribution is 2.33. The Morgan fingerprint density at radius 2 is 2.12 bits per heavy atom. The summed E-state index contributed by atoms with van der Waals surface area (Å²) in [5.74, 6) is -4.25. The lowest BCUT2D eigenvalue weighted by Crippen LogP contribution is -2.12. The first-order chi connectivity index (χ1) is 7.51. The molecule has 0 spiro atoms. The monoisotopic (exact) mass is 229 g/mol. The highest BCUT2D eigenvalue weighted by Gasteiger charge is 2.32. The second-order valence-corrected chi connectivity index (χ2v) is 3.12. The van der Waals surface area contributed by atoms with E-state index in [2.05, 4.69) is 0 Å². The van der Waals surface area contributed by atoms with Crippen molar-refractivity contribution in [2.24, 2.45) is 0 Å². The van der Waals surface area contributed by atoms with Gasteiger partial charge in [-0.3, -0.25) is 0 Å². The fraction of sp³-hybridized carbons (Fsp3) is 0.364. The number of halogens is 3. The minimum absolute atomic E-state index is 0.0704. The molecule has 1 rings (SSSR count). The minimum atomic E-state index is -3.33. The van der Waals surface area contributed by atoms with Crippen molar-refractivity contribution in [2.45, 2.75) is 19.3 Å². The Kier molecular flexibility index (Phi) is 3.78. The maximum atomic E-state index is 13.3. The largest absolute Gasteiger partial charge is 0.491 e. The molecule has 0 heterocycles. The Bertz CT molecular complexity index is 412. The van der Waals surface area contributed by atoms with Crippen LogP contribution in [0.1, 0.15) is 18.9 Å². The molecule has 0 radical (unpaired) electrons. The average molecular weight is 229 g/mol. The van der Waals surface area contributed by atoms with Gasteiger partial charge in [-0.25, -0.2) is 13.2 Å². The zero-order valence-electron chi connectivity index (χ0n) is 8.64. The molecule has 86 valence electrons. The lowest BCUT2D eigenvalue weighted by atomic mass is 10.1. The van der Waals surface area contributed by atoms with Crippen LogP contribution in [0.25, 0.3) is 0 Å². The van der Waals surface area contributed by atoms with E-state index in [1.165, 1.54) is 6.07 Å². The summed E-state index contributed by atoms with van der Waals surface area (Å²) in [6, 6.07) is 4.26. The molecule has 0 atom stereocenters. The maximum absolute atomic E-state index is 13.3. The summed E-state index contributed by atoms with van der Waals surface area (Å²) in [5, 5.41) is 8.22. The van der Waals surface area contributed by atoms with Crippen LogP contribution in [0.5, 0.6) is 5.75 Å². The SMILES string of the molecule is CCOc1ccc(C(F)(F)CC#N)cc1F. The summed E-state index contributed by atoms with van der Waals surface area (Å²) in [5.41, 5.74) is -0.519. The Morgan fingerprint density at radius 1 is 1.44 bits per heavy atom. The van der Waals surface area contributed by atoms with Crippen LogP contribution in [0.4, 0.5) is 13.2 Å². The van der Waals surface area contributed by atoms with Crippen molar-refractivity contribution in [3.63, 3.8) is 0 Å². The van der Waals surface area contributed by atoms with Crippen LogP contribution < -0.4 is 4.74 Å². The highest BCUT2D eigenvalue weighted by atomic mass is 19.3. The minimum Gasteiger partial charge on any atom is -0.491 e. The zero-order valence-corrected chi connectivity index (χ0v) is 8.64. The standard InChI is InChI=1S/C11H10F3NO/c1-2-16-10-4-3-8(7-9(10)12)11(13,14)5-6-15/h3-4,7H,2,5H2,1H3. The first-order valence-electron chi connectivity index (χ1n) is 4.69. The number of alkyl halides is 2. The van der Waals surface area contributed by atoms with Gasteiger partial charge in [-0.15, -0.1) is 0 Å². The summed E-state index contributed by atoms with van der Waals surface area (Å²) < 4.78 is 44.6. The van der Waals surface area contributed by atoms with E-state index in [1.54, 1.807) is 6.92 Å². The van der Waals surface area contributed by atoms with Gasteiger partial charge in [0.2, 0.25) is 0 Å². The number of rotatable bonds is 4. The number of nitrogens with zero attached hydrogens (tertiary/aromatic N) is 1. The average Bonchev–Trinajstić information content (AvgIpc) is 2.21. The van der Waals surface area contributed by atoms with Gasteiger partial charge in [-0.2, -0.15) is 5.26 Å². The summed E-state index contributed by atoms with van der Waals surface area (Å²) in [6.45, 7) is 1.92. The molecular weight excluding hydrogens is 219 g/mol. The van der Waals surface area contributed by atoms with E-state index in [1.807, 2.05) is 0 Å². The van der Waals surface area contributed by atoms with E-state index in [0.717, 1.165) is 12.1 Å². The summed E-state index contributed by atoms with van der Waals surface area (Å²) in [4.78, 5) is 0. The molecule has 0 saturated heterocycles. The molecule has 0 aliphatic rings. The van der Waals surface area contributed by atoms with Crippen molar-refractivity contribution in [1.82, 2.24) is 0 Å². The van der Waals surface area contributed by atoms with E-state index in [4.69, 9.17) is 10.00 Å². The molecule has 0 aliphatic carbocycles. The smallest absolute Gasteiger partial charge is 0.286 e. The van der Waals surface area contributed by atoms with E-state index in [-0.39, 0.29) is 12.4 Å².